The molecular weight excluding hydrogens is 448 g/mol. The number of aryl methyl sites for hydroxylation is 3. The molecule has 1 N–H and O–H groups in total. The number of carbonyl (C=O) groups excluding carboxylic acids is 1. The highest BCUT2D eigenvalue weighted by atomic mass is 16.5. The van der Waals surface area contributed by atoms with Gasteiger partial charge in [0.15, 0.2) is 6.61 Å². The number of benzene rings is 3. The van der Waals surface area contributed by atoms with E-state index >= 15 is 0 Å². The fourth-order valence-corrected chi connectivity index (χ4v) is 4.93. The molecule has 0 radical (unpaired) electrons. The summed E-state index contributed by atoms with van der Waals surface area (Å²) in [4.78, 5) is 22.4. The predicted molar refractivity (Wildman–Crippen MR) is 147 cm³/mol. The van der Waals surface area contributed by atoms with Crippen LogP contribution in [-0.2, 0) is 4.79 Å². The van der Waals surface area contributed by atoms with Crippen molar-refractivity contribution in [3.8, 4) is 5.75 Å². The monoisotopic (exact) mass is 480 g/mol. The number of para-hydroxylation sites is 2. The standard InChI is InChI=1S/C30H32N4O2/c1-21-18-22(2)29(23(3)19-21)32-28(35)20-36-26-11-7-8-24-12-13-27(31-30(24)26)34-16-14-33(15-17-34)25-9-5-4-6-10-25/h4-13,18-19H,14-17,20H2,1-3H3,(H,32,35). The Morgan fingerprint density at radius 2 is 1.56 bits per heavy atom. The molecule has 1 aromatic heterocycles. The molecule has 0 unspecified atom stereocenters. The normalized spacial score (nSPS) is 13.6. The van der Waals surface area contributed by atoms with Crippen molar-refractivity contribution in [2.24, 2.45) is 0 Å². The number of nitrogens with zero attached hydrogens (tertiary/aromatic N) is 3. The first-order valence-corrected chi connectivity index (χ1v) is 12.4. The van der Waals surface area contributed by atoms with Crippen molar-refractivity contribution in [1.82, 2.24) is 4.98 Å². The molecule has 2 heterocycles. The third kappa shape index (κ3) is 5.13. The number of aromatic nitrogens is 1. The van der Waals surface area contributed by atoms with Gasteiger partial charge in [-0.05, 0) is 62.2 Å². The molecule has 184 valence electrons. The Hall–Kier alpha value is -4.06. The van der Waals surface area contributed by atoms with Gasteiger partial charge in [0.2, 0.25) is 0 Å². The number of carbonyl (C=O) groups is 1. The van der Waals surface area contributed by atoms with E-state index in [4.69, 9.17) is 9.72 Å². The van der Waals surface area contributed by atoms with Gasteiger partial charge in [-0.3, -0.25) is 4.79 Å². The lowest BCUT2D eigenvalue weighted by Crippen LogP contribution is -2.46. The Labute approximate surface area is 212 Å². The topological polar surface area (TPSA) is 57.7 Å². The number of ether oxygens (including phenoxy) is 1. The molecule has 1 aliphatic rings. The van der Waals surface area contributed by atoms with Gasteiger partial charge >= 0.3 is 0 Å². The molecule has 0 spiro atoms. The highest BCUT2D eigenvalue weighted by Crippen LogP contribution is 2.28. The zero-order valence-electron chi connectivity index (χ0n) is 21.1. The van der Waals surface area contributed by atoms with E-state index in [2.05, 4.69) is 70.6 Å². The summed E-state index contributed by atoms with van der Waals surface area (Å²) < 4.78 is 5.97. The quantitative estimate of drug-likeness (QED) is 0.395. The molecule has 0 aliphatic carbocycles. The van der Waals surface area contributed by atoms with Crippen molar-refractivity contribution in [2.45, 2.75) is 20.8 Å². The molecular formula is C30H32N4O2. The van der Waals surface area contributed by atoms with Crippen LogP contribution in [-0.4, -0.2) is 43.7 Å². The first-order chi connectivity index (χ1) is 17.5. The molecule has 4 aromatic rings. The van der Waals surface area contributed by atoms with Gasteiger partial charge < -0.3 is 19.9 Å². The molecule has 6 nitrogen and oxygen atoms in total. The van der Waals surface area contributed by atoms with Crippen molar-refractivity contribution in [1.29, 1.82) is 0 Å². The minimum Gasteiger partial charge on any atom is -0.481 e. The largest absolute Gasteiger partial charge is 0.481 e. The molecule has 0 bridgehead atoms. The van der Waals surface area contributed by atoms with Gasteiger partial charge in [0.1, 0.15) is 17.1 Å². The van der Waals surface area contributed by atoms with Crippen LogP contribution in [0.4, 0.5) is 17.2 Å². The van der Waals surface area contributed by atoms with Crippen LogP contribution in [0.2, 0.25) is 0 Å². The minimum absolute atomic E-state index is 0.0759. The fourth-order valence-electron chi connectivity index (χ4n) is 4.93. The molecule has 6 heteroatoms. The van der Waals surface area contributed by atoms with E-state index in [1.165, 1.54) is 11.3 Å². The maximum absolute atomic E-state index is 12.7. The highest BCUT2D eigenvalue weighted by molar-refractivity contribution is 5.94. The Bertz CT molecular complexity index is 1360. The summed E-state index contributed by atoms with van der Waals surface area (Å²) in [5.41, 5.74) is 6.15. The number of nitrogens with one attached hydrogen (secondary N) is 1. The number of rotatable bonds is 6. The van der Waals surface area contributed by atoms with Gasteiger partial charge in [0.25, 0.3) is 5.91 Å². The van der Waals surface area contributed by atoms with Gasteiger partial charge in [-0.1, -0.05) is 48.0 Å². The molecule has 1 amide bonds. The van der Waals surface area contributed by atoms with Crippen molar-refractivity contribution in [3.63, 3.8) is 0 Å². The maximum atomic E-state index is 12.7. The molecule has 36 heavy (non-hydrogen) atoms. The van der Waals surface area contributed by atoms with E-state index in [0.717, 1.165) is 59.7 Å². The lowest BCUT2D eigenvalue weighted by Gasteiger charge is -2.36. The van der Waals surface area contributed by atoms with Gasteiger partial charge in [0, 0.05) is 42.9 Å². The van der Waals surface area contributed by atoms with E-state index in [-0.39, 0.29) is 12.5 Å². The van der Waals surface area contributed by atoms with Gasteiger partial charge in [0.05, 0.1) is 0 Å². The molecule has 1 fully saturated rings. The number of piperazine rings is 1. The average molecular weight is 481 g/mol. The average Bonchev–Trinajstić information content (AvgIpc) is 2.90. The summed E-state index contributed by atoms with van der Waals surface area (Å²) in [6, 6.07) is 24.6. The van der Waals surface area contributed by atoms with Crippen LogP contribution in [0, 0.1) is 20.8 Å². The van der Waals surface area contributed by atoms with Crippen LogP contribution in [0.1, 0.15) is 16.7 Å². The smallest absolute Gasteiger partial charge is 0.262 e. The van der Waals surface area contributed by atoms with Gasteiger partial charge in [-0.2, -0.15) is 0 Å². The van der Waals surface area contributed by atoms with Crippen molar-refractivity contribution in [3.05, 3.63) is 89.5 Å². The molecule has 5 rings (SSSR count). The first kappa shape index (κ1) is 23.7. The predicted octanol–water partition coefficient (Wildman–Crippen LogP) is 5.50. The van der Waals surface area contributed by atoms with E-state index in [9.17, 15) is 4.79 Å². The summed E-state index contributed by atoms with van der Waals surface area (Å²) in [5, 5.41) is 4.00. The summed E-state index contributed by atoms with van der Waals surface area (Å²) in [6.45, 7) is 9.67. The number of amides is 1. The van der Waals surface area contributed by atoms with Gasteiger partial charge in [-0.15, -0.1) is 0 Å². The first-order valence-electron chi connectivity index (χ1n) is 12.4. The van der Waals surface area contributed by atoms with E-state index < -0.39 is 0 Å². The van der Waals surface area contributed by atoms with Crippen LogP contribution in [0.25, 0.3) is 10.9 Å². The number of anilines is 3. The second-order valence-corrected chi connectivity index (χ2v) is 9.42. The zero-order chi connectivity index (χ0) is 25.1. The third-order valence-corrected chi connectivity index (χ3v) is 6.69. The Morgan fingerprint density at radius 3 is 2.28 bits per heavy atom. The van der Waals surface area contributed by atoms with Crippen LogP contribution in [0.5, 0.6) is 5.75 Å². The second kappa shape index (κ2) is 10.3. The van der Waals surface area contributed by atoms with Crippen LogP contribution >= 0.6 is 0 Å². The Balaban J connectivity index is 1.27. The summed E-state index contributed by atoms with van der Waals surface area (Å²) in [5.74, 6) is 1.36. The molecule has 1 aliphatic heterocycles. The highest BCUT2D eigenvalue weighted by Gasteiger charge is 2.19. The summed E-state index contributed by atoms with van der Waals surface area (Å²) >= 11 is 0. The molecule has 1 saturated heterocycles. The Morgan fingerprint density at radius 1 is 0.861 bits per heavy atom. The van der Waals surface area contributed by atoms with E-state index in [1.807, 2.05) is 38.1 Å². The SMILES string of the molecule is Cc1cc(C)c(NC(=O)COc2cccc3ccc(N4CCN(c5ccccc5)CC4)nc23)c(C)c1. The van der Waals surface area contributed by atoms with Gasteiger partial charge in [-0.25, -0.2) is 4.98 Å². The van der Waals surface area contributed by atoms with Crippen LogP contribution < -0.4 is 19.9 Å². The van der Waals surface area contributed by atoms with E-state index in [0.29, 0.717) is 5.75 Å². The third-order valence-electron chi connectivity index (χ3n) is 6.69. The second-order valence-electron chi connectivity index (χ2n) is 9.42. The maximum Gasteiger partial charge on any atom is 0.262 e. The van der Waals surface area contributed by atoms with Crippen LogP contribution in [0.15, 0.2) is 72.8 Å². The molecule has 0 atom stereocenters. The van der Waals surface area contributed by atoms with Crippen molar-refractivity contribution >= 4 is 34.0 Å². The van der Waals surface area contributed by atoms with Crippen molar-refractivity contribution < 1.29 is 9.53 Å². The number of hydrogen-bond acceptors (Lipinski definition) is 5. The van der Waals surface area contributed by atoms with Crippen molar-refractivity contribution in [2.75, 3.05) is 47.9 Å². The van der Waals surface area contributed by atoms with Crippen LogP contribution in [0.3, 0.4) is 0 Å². The molecule has 0 saturated carbocycles. The number of hydrogen-bond donors (Lipinski definition) is 1. The lowest BCUT2D eigenvalue weighted by atomic mass is 10.1. The number of fused-ring (bicyclic) bond motifs is 1. The summed E-state index contributed by atoms with van der Waals surface area (Å²) in [6.07, 6.45) is 0. The minimum atomic E-state index is -0.185. The fraction of sp³-hybridized carbons (Fsp3) is 0.267. The summed E-state index contributed by atoms with van der Waals surface area (Å²) in [7, 11) is 0. The van der Waals surface area contributed by atoms with E-state index in [1.54, 1.807) is 0 Å². The lowest BCUT2D eigenvalue weighted by molar-refractivity contribution is -0.118. The Kier molecular flexibility index (Phi) is 6.76. The molecule has 3 aromatic carbocycles. The number of pyridine rings is 1. The zero-order valence-corrected chi connectivity index (χ0v) is 21.1.